The van der Waals surface area contributed by atoms with Gasteiger partial charge >= 0.3 is 0 Å². The number of rotatable bonds is 2. The minimum atomic E-state index is -0.508. The summed E-state index contributed by atoms with van der Waals surface area (Å²) in [6, 6.07) is 0. The summed E-state index contributed by atoms with van der Waals surface area (Å²) in [7, 11) is 0. The molecule has 0 aromatic carbocycles. The highest BCUT2D eigenvalue weighted by Gasteiger charge is 2.46. The average Bonchev–Trinajstić information content (AvgIpc) is 2.77. The molecule has 4 nitrogen and oxygen atoms in total. The van der Waals surface area contributed by atoms with Gasteiger partial charge in [0.05, 0.1) is 24.7 Å². The molecule has 2 rings (SSSR count). The Morgan fingerprint density at radius 3 is 2.54 bits per heavy atom. The van der Waals surface area contributed by atoms with Crippen molar-refractivity contribution >= 4 is 11.8 Å². The monoisotopic (exact) mass is 183 g/mol. The molecule has 13 heavy (non-hydrogen) atoms. The number of carbonyl (C=O) groups excluding carboxylic acids is 2. The predicted molar refractivity (Wildman–Crippen MR) is 44.9 cm³/mol. The van der Waals surface area contributed by atoms with Crippen LogP contribution in [0, 0.1) is 5.41 Å². The van der Waals surface area contributed by atoms with Crippen molar-refractivity contribution < 1.29 is 14.3 Å². The molecule has 0 N–H and O–H groups in total. The molecule has 0 bridgehead atoms. The molecule has 2 aliphatic rings. The van der Waals surface area contributed by atoms with Crippen LogP contribution < -0.4 is 0 Å². The van der Waals surface area contributed by atoms with Crippen molar-refractivity contribution in [1.82, 2.24) is 4.90 Å². The van der Waals surface area contributed by atoms with Crippen LogP contribution in [0.15, 0.2) is 0 Å². The molecule has 2 amide bonds. The Kier molecular flexibility index (Phi) is 1.70. The third kappa shape index (κ3) is 1.46. The van der Waals surface area contributed by atoms with Crippen molar-refractivity contribution in [3.63, 3.8) is 0 Å². The lowest BCUT2D eigenvalue weighted by atomic mass is 9.92. The Morgan fingerprint density at radius 1 is 1.54 bits per heavy atom. The van der Waals surface area contributed by atoms with Gasteiger partial charge in [-0.05, 0) is 0 Å². The number of hydrogen-bond acceptors (Lipinski definition) is 3. The number of epoxide rings is 1. The highest BCUT2D eigenvalue weighted by Crippen LogP contribution is 2.32. The summed E-state index contributed by atoms with van der Waals surface area (Å²) < 4.78 is 4.99. The van der Waals surface area contributed by atoms with Crippen LogP contribution in [0.5, 0.6) is 0 Å². The molecule has 0 saturated carbocycles. The predicted octanol–water partition coefficient (Wildman–Crippen LogP) is 0.170. The summed E-state index contributed by atoms with van der Waals surface area (Å²) in [5.74, 6) is -0.126. The summed E-state index contributed by atoms with van der Waals surface area (Å²) in [5, 5.41) is 0. The smallest absolute Gasteiger partial charge is 0.235 e. The van der Waals surface area contributed by atoms with E-state index in [2.05, 4.69) is 0 Å². The van der Waals surface area contributed by atoms with E-state index in [-0.39, 0.29) is 17.9 Å². The lowest BCUT2D eigenvalue weighted by molar-refractivity contribution is -0.141. The Bertz CT molecular complexity index is 268. The summed E-state index contributed by atoms with van der Waals surface area (Å²) in [5.41, 5.74) is -0.508. The van der Waals surface area contributed by atoms with Gasteiger partial charge in [-0.1, -0.05) is 13.8 Å². The lowest BCUT2D eigenvalue weighted by Gasteiger charge is -2.16. The molecule has 2 saturated heterocycles. The maximum Gasteiger partial charge on any atom is 0.235 e. The van der Waals surface area contributed by atoms with Gasteiger partial charge in [-0.3, -0.25) is 14.5 Å². The number of hydrogen-bond donors (Lipinski definition) is 0. The molecule has 0 unspecified atom stereocenters. The number of likely N-dealkylation sites (tertiary alicyclic amines) is 1. The zero-order valence-electron chi connectivity index (χ0n) is 7.87. The van der Waals surface area contributed by atoms with Gasteiger partial charge in [0.15, 0.2) is 0 Å². The zero-order chi connectivity index (χ0) is 9.64. The van der Waals surface area contributed by atoms with E-state index >= 15 is 0 Å². The van der Waals surface area contributed by atoms with Crippen LogP contribution in [0.2, 0.25) is 0 Å². The first-order valence-electron chi connectivity index (χ1n) is 4.47. The van der Waals surface area contributed by atoms with Crippen molar-refractivity contribution in [1.29, 1.82) is 0 Å². The molecule has 2 aliphatic heterocycles. The minimum absolute atomic E-state index is 0.0620. The van der Waals surface area contributed by atoms with Crippen molar-refractivity contribution in [3.8, 4) is 0 Å². The van der Waals surface area contributed by atoms with Crippen LogP contribution in [-0.4, -0.2) is 36.0 Å². The number of ether oxygens (including phenoxy) is 1. The van der Waals surface area contributed by atoms with Gasteiger partial charge in [-0.15, -0.1) is 0 Å². The number of imide groups is 1. The Balaban J connectivity index is 2.09. The quantitative estimate of drug-likeness (QED) is 0.453. The van der Waals surface area contributed by atoms with E-state index < -0.39 is 5.41 Å². The Morgan fingerprint density at radius 2 is 2.15 bits per heavy atom. The van der Waals surface area contributed by atoms with Crippen LogP contribution in [0.25, 0.3) is 0 Å². The standard InChI is InChI=1S/C9H13NO3/c1-9(2)3-7(11)10(8(9)12)4-6-5-13-6/h6H,3-5H2,1-2H3/t6-/m0/s1. The van der Waals surface area contributed by atoms with Gasteiger partial charge in [0.1, 0.15) is 0 Å². The molecule has 1 atom stereocenters. The van der Waals surface area contributed by atoms with Gasteiger partial charge in [0, 0.05) is 6.42 Å². The van der Waals surface area contributed by atoms with Crippen LogP contribution in [0.1, 0.15) is 20.3 Å². The molecule has 2 heterocycles. The first-order chi connectivity index (χ1) is 6.00. The van der Waals surface area contributed by atoms with E-state index in [1.54, 1.807) is 13.8 Å². The lowest BCUT2D eigenvalue weighted by Crippen LogP contribution is -2.35. The molecule has 0 aromatic rings. The van der Waals surface area contributed by atoms with Crippen molar-refractivity contribution in [2.24, 2.45) is 5.41 Å². The minimum Gasteiger partial charge on any atom is -0.371 e. The highest BCUT2D eigenvalue weighted by molar-refractivity contribution is 6.05. The van der Waals surface area contributed by atoms with Crippen molar-refractivity contribution in [2.75, 3.05) is 13.2 Å². The summed E-state index contributed by atoms with van der Waals surface area (Å²) in [6.07, 6.45) is 0.431. The van der Waals surface area contributed by atoms with Crippen LogP contribution >= 0.6 is 0 Å². The van der Waals surface area contributed by atoms with E-state index in [4.69, 9.17) is 4.74 Å². The Hall–Kier alpha value is -0.900. The van der Waals surface area contributed by atoms with Gasteiger partial charge in [-0.25, -0.2) is 0 Å². The zero-order valence-corrected chi connectivity index (χ0v) is 7.87. The second-order valence-corrected chi connectivity index (χ2v) is 4.33. The first-order valence-corrected chi connectivity index (χ1v) is 4.47. The second-order valence-electron chi connectivity index (χ2n) is 4.33. The fourth-order valence-electron chi connectivity index (χ4n) is 1.59. The van der Waals surface area contributed by atoms with Gasteiger partial charge in [-0.2, -0.15) is 0 Å². The molecule has 72 valence electrons. The van der Waals surface area contributed by atoms with Crippen LogP contribution in [0.4, 0.5) is 0 Å². The molecule has 0 aromatic heterocycles. The number of nitrogens with zero attached hydrogens (tertiary/aromatic N) is 1. The van der Waals surface area contributed by atoms with Crippen molar-refractivity contribution in [3.05, 3.63) is 0 Å². The maximum atomic E-state index is 11.7. The van der Waals surface area contributed by atoms with E-state index in [1.165, 1.54) is 4.90 Å². The molecule has 0 aliphatic carbocycles. The van der Waals surface area contributed by atoms with E-state index in [0.717, 1.165) is 0 Å². The fourth-order valence-corrected chi connectivity index (χ4v) is 1.59. The molecular weight excluding hydrogens is 170 g/mol. The average molecular weight is 183 g/mol. The van der Waals surface area contributed by atoms with E-state index in [9.17, 15) is 9.59 Å². The molecular formula is C9H13NO3. The Labute approximate surface area is 76.8 Å². The van der Waals surface area contributed by atoms with Gasteiger partial charge < -0.3 is 4.74 Å². The van der Waals surface area contributed by atoms with Gasteiger partial charge in [0.2, 0.25) is 11.8 Å². The van der Waals surface area contributed by atoms with Crippen LogP contribution in [0.3, 0.4) is 0 Å². The summed E-state index contributed by atoms with van der Waals surface area (Å²) in [6.45, 7) is 4.74. The number of amides is 2. The molecule has 4 heteroatoms. The SMILES string of the molecule is CC1(C)CC(=O)N(C[C@H]2CO2)C1=O. The summed E-state index contributed by atoms with van der Waals surface area (Å²) in [4.78, 5) is 24.4. The third-order valence-electron chi connectivity index (χ3n) is 2.51. The van der Waals surface area contributed by atoms with Crippen molar-refractivity contribution in [2.45, 2.75) is 26.4 Å². The highest BCUT2D eigenvalue weighted by atomic mass is 16.6. The number of carbonyl (C=O) groups is 2. The van der Waals surface area contributed by atoms with Crippen LogP contribution in [-0.2, 0) is 14.3 Å². The van der Waals surface area contributed by atoms with Gasteiger partial charge in [0.25, 0.3) is 0 Å². The molecule has 2 fully saturated rings. The first kappa shape index (κ1) is 8.69. The normalized spacial score (nSPS) is 31.2. The van der Waals surface area contributed by atoms with E-state index in [0.29, 0.717) is 19.6 Å². The van der Waals surface area contributed by atoms with E-state index in [1.807, 2.05) is 0 Å². The fraction of sp³-hybridized carbons (Fsp3) is 0.778. The third-order valence-corrected chi connectivity index (χ3v) is 2.51. The largest absolute Gasteiger partial charge is 0.371 e. The maximum absolute atomic E-state index is 11.7. The molecule has 0 spiro atoms. The second kappa shape index (κ2) is 2.54. The topological polar surface area (TPSA) is 49.9 Å². The summed E-state index contributed by atoms with van der Waals surface area (Å²) >= 11 is 0. The molecule has 0 radical (unpaired) electrons.